The van der Waals surface area contributed by atoms with Gasteiger partial charge in [0.05, 0.1) is 10.6 Å². The van der Waals surface area contributed by atoms with E-state index in [2.05, 4.69) is 154 Å². The summed E-state index contributed by atoms with van der Waals surface area (Å²) in [5.74, 6) is 2.29. The maximum Gasteiger partial charge on any atom is 0.149 e. The molecule has 0 saturated heterocycles. The van der Waals surface area contributed by atoms with Crippen LogP contribution in [0.15, 0.2) is 145 Å². The molecule has 1 aliphatic heterocycles. The third kappa shape index (κ3) is 4.36. The topological polar surface area (TPSA) is 9.23 Å². The Morgan fingerprint density at radius 1 is 0.750 bits per heavy atom. The van der Waals surface area contributed by atoms with Gasteiger partial charge in [-0.3, -0.25) is 0 Å². The minimum absolute atomic E-state index is 0.169. The van der Waals surface area contributed by atoms with E-state index in [1.807, 2.05) is 11.3 Å². The van der Waals surface area contributed by atoms with Crippen LogP contribution in [-0.4, -0.2) is 0 Å². The molecule has 0 radical (unpaired) electrons. The number of hydrogen-bond acceptors (Lipinski definition) is 2. The number of ether oxygens (including phenoxy) is 1. The van der Waals surface area contributed by atoms with Crippen LogP contribution in [0.5, 0.6) is 5.75 Å². The van der Waals surface area contributed by atoms with Crippen LogP contribution in [0.2, 0.25) is 0 Å². The molecule has 1 aliphatic carbocycles. The average molecular weight is 637 g/mol. The van der Waals surface area contributed by atoms with Gasteiger partial charge in [0, 0.05) is 21.0 Å². The number of fused-ring (bicyclic) bond motifs is 12. The highest BCUT2D eigenvalue weighted by Crippen LogP contribution is 2.57. The second-order valence-electron chi connectivity index (χ2n) is 13.0. The van der Waals surface area contributed by atoms with Crippen molar-refractivity contribution in [3.63, 3.8) is 0 Å². The fourth-order valence-corrected chi connectivity index (χ4v) is 9.37. The zero-order valence-corrected chi connectivity index (χ0v) is 28.3. The lowest BCUT2D eigenvalue weighted by Crippen LogP contribution is -2.06. The summed E-state index contributed by atoms with van der Waals surface area (Å²) in [6.45, 7) is 6.56. The molecule has 0 N–H and O–H groups in total. The van der Waals surface area contributed by atoms with E-state index in [0.717, 1.165) is 24.4 Å². The molecule has 0 fully saturated rings. The first-order valence-corrected chi connectivity index (χ1v) is 17.9. The maximum atomic E-state index is 6.85. The van der Waals surface area contributed by atoms with Crippen LogP contribution >= 0.6 is 11.3 Å². The fraction of sp³-hybridized carbons (Fsp3) is 0.130. The highest BCUT2D eigenvalue weighted by molar-refractivity contribution is 7.26. The molecule has 48 heavy (non-hydrogen) atoms. The molecule has 9 rings (SSSR count). The Bertz CT molecular complexity index is 2560. The first-order valence-electron chi connectivity index (χ1n) is 17.0. The second-order valence-corrected chi connectivity index (χ2v) is 14.0. The zero-order valence-electron chi connectivity index (χ0n) is 27.5. The Morgan fingerprint density at radius 2 is 1.38 bits per heavy atom. The molecular weight excluding hydrogens is 601 g/mol. The van der Waals surface area contributed by atoms with Gasteiger partial charge in [-0.1, -0.05) is 128 Å². The summed E-state index contributed by atoms with van der Waals surface area (Å²) in [6.07, 6.45) is 15.4. The summed E-state index contributed by atoms with van der Waals surface area (Å²) >= 11 is 1.86. The van der Waals surface area contributed by atoms with Crippen molar-refractivity contribution < 1.29 is 4.74 Å². The van der Waals surface area contributed by atoms with Gasteiger partial charge in [0.25, 0.3) is 0 Å². The van der Waals surface area contributed by atoms with Crippen LogP contribution in [0.4, 0.5) is 0 Å². The van der Waals surface area contributed by atoms with E-state index in [1.165, 1.54) is 85.9 Å². The van der Waals surface area contributed by atoms with Crippen LogP contribution < -0.4 is 4.74 Å². The standard InChI is InChI=1S/C46H36OS/c1-4-14-29(5-2)24-23-28(3)41-31-15-6-8-17-33(31)42(34-18-9-7-16-32(34)41)30-25-26-39-38(27-30)43-35-19-10-11-20-36(35)44-37-21-12-13-22-40(37)48-46(44)45(43)47-39/h4,6-26,38H,5,27H2,1-3H3/b14-4-,28-23+,29-24+. The van der Waals surface area contributed by atoms with Gasteiger partial charge >= 0.3 is 0 Å². The molecule has 0 saturated carbocycles. The molecule has 0 spiro atoms. The van der Waals surface area contributed by atoms with E-state index in [0.29, 0.717) is 0 Å². The summed E-state index contributed by atoms with van der Waals surface area (Å²) in [4.78, 5) is 0. The van der Waals surface area contributed by atoms with Gasteiger partial charge < -0.3 is 4.74 Å². The summed E-state index contributed by atoms with van der Waals surface area (Å²) in [6, 6.07) is 35.7. The van der Waals surface area contributed by atoms with E-state index in [4.69, 9.17) is 4.74 Å². The van der Waals surface area contributed by atoms with Gasteiger partial charge in [0.15, 0.2) is 0 Å². The van der Waals surface area contributed by atoms with Crippen molar-refractivity contribution in [2.75, 3.05) is 0 Å². The van der Waals surface area contributed by atoms with E-state index >= 15 is 0 Å². The Kier molecular flexibility index (Phi) is 6.95. The van der Waals surface area contributed by atoms with Crippen molar-refractivity contribution >= 4 is 75.0 Å². The molecule has 2 heterocycles. The Morgan fingerprint density at radius 3 is 2.06 bits per heavy atom. The first kappa shape index (κ1) is 29.0. The molecule has 0 bridgehead atoms. The molecule has 7 aromatic rings. The van der Waals surface area contributed by atoms with E-state index in [9.17, 15) is 0 Å². The molecule has 6 aromatic carbocycles. The highest BCUT2D eigenvalue weighted by atomic mass is 32.1. The van der Waals surface area contributed by atoms with Crippen LogP contribution in [-0.2, 0) is 0 Å². The average Bonchev–Trinajstić information content (AvgIpc) is 3.71. The molecule has 1 nitrogen and oxygen atoms in total. The first-order chi connectivity index (χ1) is 23.7. The minimum atomic E-state index is 0.169. The number of hydrogen-bond donors (Lipinski definition) is 0. The van der Waals surface area contributed by atoms with Crippen LogP contribution in [0.1, 0.15) is 56.2 Å². The monoisotopic (exact) mass is 636 g/mol. The Hall–Kier alpha value is -5.18. The molecule has 2 aliphatic rings. The summed E-state index contributed by atoms with van der Waals surface area (Å²) in [5, 5.41) is 10.5. The molecule has 2 heteroatoms. The lowest BCUT2D eigenvalue weighted by atomic mass is 9.79. The predicted octanol–water partition coefficient (Wildman–Crippen LogP) is 13.7. The molecule has 0 amide bonds. The van der Waals surface area contributed by atoms with Crippen molar-refractivity contribution in [2.45, 2.75) is 39.5 Å². The van der Waals surface area contributed by atoms with E-state index in [-0.39, 0.29) is 5.92 Å². The lowest BCUT2D eigenvalue weighted by Gasteiger charge is -2.23. The van der Waals surface area contributed by atoms with Gasteiger partial charge in [-0.25, -0.2) is 0 Å². The summed E-state index contributed by atoms with van der Waals surface area (Å²) < 4.78 is 9.42. The highest BCUT2D eigenvalue weighted by Gasteiger charge is 2.37. The van der Waals surface area contributed by atoms with Gasteiger partial charge in [-0.2, -0.15) is 0 Å². The molecule has 232 valence electrons. The SMILES string of the molecule is C\C=C/C(=C/C=C(\C)c1c2ccccc2c(C2=CC=C3Oc4c(c5ccccc5c5c4sc4ccccc45)C3C2)c2ccccc12)CC. The largest absolute Gasteiger partial charge is 0.459 e. The van der Waals surface area contributed by atoms with Crippen LogP contribution in [0.3, 0.4) is 0 Å². The molecule has 1 unspecified atom stereocenters. The van der Waals surface area contributed by atoms with Crippen molar-refractivity contribution in [3.05, 3.63) is 162 Å². The zero-order chi connectivity index (χ0) is 32.4. The van der Waals surface area contributed by atoms with Gasteiger partial charge in [-0.15, -0.1) is 11.3 Å². The minimum Gasteiger partial charge on any atom is -0.459 e. The molecule has 1 atom stereocenters. The number of thiophene rings is 1. The lowest BCUT2D eigenvalue weighted by molar-refractivity contribution is 0.431. The normalized spacial score (nSPS) is 16.6. The van der Waals surface area contributed by atoms with Crippen molar-refractivity contribution in [2.24, 2.45) is 0 Å². The van der Waals surface area contributed by atoms with Gasteiger partial charge in [0.1, 0.15) is 11.5 Å². The molecular formula is C46H36OS. The van der Waals surface area contributed by atoms with Crippen molar-refractivity contribution in [1.82, 2.24) is 0 Å². The molecule has 1 aromatic heterocycles. The third-order valence-electron chi connectivity index (χ3n) is 10.3. The summed E-state index contributed by atoms with van der Waals surface area (Å²) in [5.41, 5.74) is 7.97. The Labute approximate surface area is 285 Å². The van der Waals surface area contributed by atoms with Crippen molar-refractivity contribution in [1.29, 1.82) is 0 Å². The second kappa shape index (κ2) is 11.5. The maximum absolute atomic E-state index is 6.85. The van der Waals surface area contributed by atoms with E-state index < -0.39 is 0 Å². The third-order valence-corrected chi connectivity index (χ3v) is 11.5. The van der Waals surface area contributed by atoms with Crippen LogP contribution in [0, 0.1) is 0 Å². The quantitative estimate of drug-likeness (QED) is 0.135. The Balaban J connectivity index is 1.24. The van der Waals surface area contributed by atoms with E-state index in [1.54, 1.807) is 0 Å². The number of rotatable bonds is 5. The number of allylic oxidation sites excluding steroid dienone is 10. The predicted molar refractivity (Wildman–Crippen MR) is 209 cm³/mol. The number of benzene rings is 6. The smallest absolute Gasteiger partial charge is 0.149 e. The van der Waals surface area contributed by atoms with Gasteiger partial charge in [0.2, 0.25) is 0 Å². The van der Waals surface area contributed by atoms with Crippen LogP contribution in [0.25, 0.3) is 63.6 Å². The fourth-order valence-electron chi connectivity index (χ4n) is 8.16. The van der Waals surface area contributed by atoms with Gasteiger partial charge in [-0.05, 0) is 99.0 Å². The summed E-state index contributed by atoms with van der Waals surface area (Å²) in [7, 11) is 0. The van der Waals surface area contributed by atoms with Crippen molar-refractivity contribution in [3.8, 4) is 5.75 Å².